The first kappa shape index (κ1) is 39.9. The van der Waals surface area contributed by atoms with Gasteiger partial charge in [-0.05, 0) is 78.9 Å². The summed E-state index contributed by atoms with van der Waals surface area (Å²) >= 11 is 2.63. The summed E-state index contributed by atoms with van der Waals surface area (Å²) in [5, 5.41) is 7.70. The van der Waals surface area contributed by atoms with Crippen molar-refractivity contribution in [1.82, 2.24) is 14.7 Å². The van der Waals surface area contributed by atoms with Gasteiger partial charge < -0.3 is 16.4 Å². The van der Waals surface area contributed by atoms with Gasteiger partial charge in [0.2, 0.25) is 21.6 Å². The fraction of sp³-hybridized carbons (Fsp3) is 0.116. The average Bonchev–Trinajstić information content (AvgIpc) is 3.88. The van der Waals surface area contributed by atoms with Gasteiger partial charge in [-0.1, -0.05) is 114 Å². The van der Waals surface area contributed by atoms with Crippen LogP contribution in [0.5, 0.6) is 0 Å². The number of sulfonamides is 1. The maximum atomic E-state index is 12.8. The molecule has 56 heavy (non-hydrogen) atoms. The van der Waals surface area contributed by atoms with Gasteiger partial charge in [0.05, 0.1) is 27.0 Å². The van der Waals surface area contributed by atoms with Gasteiger partial charge in [0.15, 0.2) is 10.3 Å². The number of anilines is 4. The van der Waals surface area contributed by atoms with Crippen LogP contribution < -0.4 is 21.1 Å². The first-order valence-corrected chi connectivity index (χ1v) is 20.7. The number of rotatable bonds is 13. The summed E-state index contributed by atoms with van der Waals surface area (Å²) < 4.78 is 27.9. The molecule has 13 heteroatoms. The van der Waals surface area contributed by atoms with E-state index in [1.807, 2.05) is 117 Å². The zero-order valence-electron chi connectivity index (χ0n) is 30.9. The topological polar surface area (TPSA) is 156 Å². The maximum Gasteiger partial charge on any atom is 0.241 e. The van der Waals surface area contributed by atoms with Crippen molar-refractivity contribution in [2.24, 2.45) is 5.73 Å². The first-order valence-electron chi connectivity index (χ1n) is 17.6. The van der Waals surface area contributed by atoms with E-state index in [0.717, 1.165) is 33.6 Å². The minimum Gasteiger partial charge on any atom is -0.332 e. The Morgan fingerprint density at radius 2 is 1.07 bits per heavy atom. The summed E-state index contributed by atoms with van der Waals surface area (Å²) in [7, 11) is -3.62. The predicted molar refractivity (Wildman–Crippen MR) is 226 cm³/mol. The van der Waals surface area contributed by atoms with E-state index in [1.165, 1.54) is 22.7 Å². The molecule has 0 unspecified atom stereocenters. The number of aromatic nitrogens is 2. The summed E-state index contributed by atoms with van der Waals surface area (Å²) in [5.74, 6) is -0.0534. The standard InChI is InChI=1S/C25H23N3O3S2.C18H17N3OS/c1-17-8-3-5-12-21(17)24(29)22-16-26-25(32-22)28-20-11-7-10-19(14-20)15-27-33(30,31)23-13-6-4-9-18(23)2;1-12-5-2-3-8-15(12)17(22)16-11-20-18(23-16)21-14-7-4-6-13(9-14)10-19/h3-14,16,27H,15H2,1-2H3,(H,26,28);2-9,11H,10,19H2,1H3,(H,20,21). The van der Waals surface area contributed by atoms with Crippen LogP contribution in [0.1, 0.15) is 58.3 Å². The number of thiazole rings is 2. The fourth-order valence-electron chi connectivity index (χ4n) is 5.69. The Morgan fingerprint density at radius 1 is 0.607 bits per heavy atom. The third-order valence-corrected chi connectivity index (χ3v) is 12.1. The van der Waals surface area contributed by atoms with Crippen molar-refractivity contribution in [1.29, 1.82) is 0 Å². The number of nitrogens with one attached hydrogen (secondary N) is 3. The fourth-order valence-corrected chi connectivity index (χ4v) is 8.53. The molecule has 5 aromatic carbocycles. The Bertz CT molecular complexity index is 2600. The Labute approximate surface area is 334 Å². The molecule has 10 nitrogen and oxygen atoms in total. The maximum absolute atomic E-state index is 12.8. The van der Waals surface area contributed by atoms with Gasteiger partial charge in [-0.15, -0.1) is 0 Å². The molecule has 0 saturated carbocycles. The van der Waals surface area contributed by atoms with Crippen molar-refractivity contribution in [3.63, 3.8) is 0 Å². The van der Waals surface area contributed by atoms with Gasteiger partial charge in [0, 0.05) is 35.6 Å². The van der Waals surface area contributed by atoms with Gasteiger partial charge in [0.25, 0.3) is 0 Å². The molecule has 2 heterocycles. The van der Waals surface area contributed by atoms with Crippen LogP contribution in [-0.4, -0.2) is 30.0 Å². The molecule has 0 saturated heterocycles. The Morgan fingerprint density at radius 3 is 1.57 bits per heavy atom. The zero-order valence-corrected chi connectivity index (χ0v) is 33.4. The van der Waals surface area contributed by atoms with E-state index >= 15 is 0 Å². The van der Waals surface area contributed by atoms with Gasteiger partial charge in [0.1, 0.15) is 0 Å². The lowest BCUT2D eigenvalue weighted by Gasteiger charge is -2.10. The molecule has 7 rings (SSSR count). The zero-order chi connectivity index (χ0) is 39.7. The number of hydrogen-bond acceptors (Lipinski definition) is 11. The first-order chi connectivity index (χ1) is 27.0. The molecule has 5 N–H and O–H groups in total. The van der Waals surface area contributed by atoms with Crippen LogP contribution in [0.4, 0.5) is 21.6 Å². The van der Waals surface area contributed by atoms with Crippen LogP contribution in [0.25, 0.3) is 0 Å². The average molecular weight is 801 g/mol. The molecular formula is C43H40N6O4S3. The molecule has 0 aliphatic heterocycles. The summed E-state index contributed by atoms with van der Waals surface area (Å²) in [6.45, 7) is 6.26. The van der Waals surface area contributed by atoms with Gasteiger partial charge in [-0.25, -0.2) is 23.1 Å². The van der Waals surface area contributed by atoms with E-state index in [9.17, 15) is 18.0 Å². The molecular weight excluding hydrogens is 761 g/mol. The van der Waals surface area contributed by atoms with Gasteiger partial charge in [-0.2, -0.15) is 0 Å². The summed E-state index contributed by atoms with van der Waals surface area (Å²) in [4.78, 5) is 35.4. The summed E-state index contributed by atoms with van der Waals surface area (Å²) in [6.07, 6.45) is 3.19. The van der Waals surface area contributed by atoms with E-state index in [1.54, 1.807) is 37.5 Å². The van der Waals surface area contributed by atoms with Crippen molar-refractivity contribution in [2.75, 3.05) is 10.6 Å². The lowest BCUT2D eigenvalue weighted by molar-refractivity contribution is 0.103. The van der Waals surface area contributed by atoms with Crippen LogP contribution in [-0.2, 0) is 23.1 Å². The Hall–Kier alpha value is -5.83. The highest BCUT2D eigenvalue weighted by atomic mass is 32.2. The van der Waals surface area contributed by atoms with Crippen LogP contribution >= 0.6 is 22.7 Å². The second-order valence-electron chi connectivity index (χ2n) is 12.8. The minimum absolute atomic E-state index is 0.00404. The van der Waals surface area contributed by atoms with Crippen molar-refractivity contribution < 1.29 is 18.0 Å². The number of ketones is 2. The SMILES string of the molecule is Cc1ccccc1C(=O)c1cnc(Nc2cccc(CN)c2)s1.Cc1ccccc1C(=O)c1cnc(Nc2cccc(CNS(=O)(=O)c3ccccc3C)c2)s1. The third-order valence-electron chi connectivity index (χ3n) is 8.68. The number of aryl methyl sites for hydroxylation is 3. The van der Waals surface area contributed by atoms with E-state index in [-0.39, 0.29) is 23.0 Å². The number of nitrogens with two attached hydrogens (primary N) is 1. The van der Waals surface area contributed by atoms with Crippen molar-refractivity contribution in [3.8, 4) is 0 Å². The molecule has 284 valence electrons. The predicted octanol–water partition coefficient (Wildman–Crippen LogP) is 9.10. The molecule has 0 bridgehead atoms. The highest BCUT2D eigenvalue weighted by Crippen LogP contribution is 2.27. The number of benzene rings is 5. The van der Waals surface area contributed by atoms with Gasteiger partial charge >= 0.3 is 0 Å². The second-order valence-corrected chi connectivity index (χ2v) is 16.6. The van der Waals surface area contributed by atoms with E-state index < -0.39 is 10.0 Å². The van der Waals surface area contributed by atoms with E-state index in [2.05, 4.69) is 25.3 Å². The van der Waals surface area contributed by atoms with E-state index in [4.69, 9.17) is 5.73 Å². The molecule has 2 aromatic heterocycles. The Kier molecular flexibility index (Phi) is 13.0. The molecule has 0 fully saturated rings. The van der Waals surface area contributed by atoms with Crippen LogP contribution in [0.15, 0.2) is 139 Å². The quantitative estimate of drug-likeness (QED) is 0.0836. The normalized spacial score (nSPS) is 11.0. The van der Waals surface area contributed by atoms with Crippen molar-refractivity contribution in [2.45, 2.75) is 38.8 Å². The highest BCUT2D eigenvalue weighted by molar-refractivity contribution is 7.89. The summed E-state index contributed by atoms with van der Waals surface area (Å²) in [6, 6.07) is 37.2. The van der Waals surface area contributed by atoms with Crippen molar-refractivity contribution in [3.05, 3.63) is 182 Å². The van der Waals surface area contributed by atoms with Crippen LogP contribution in [0.3, 0.4) is 0 Å². The smallest absolute Gasteiger partial charge is 0.241 e. The van der Waals surface area contributed by atoms with Gasteiger partial charge in [-0.3, -0.25) is 9.59 Å². The molecule has 0 atom stereocenters. The van der Waals surface area contributed by atoms with Crippen molar-refractivity contribution >= 4 is 65.9 Å². The minimum atomic E-state index is -3.62. The van der Waals surface area contributed by atoms with Crippen LogP contribution in [0.2, 0.25) is 0 Å². The number of carbonyl (C=O) groups excluding carboxylic acids is 2. The van der Waals surface area contributed by atoms with Crippen LogP contribution in [0, 0.1) is 20.8 Å². The Balaban J connectivity index is 0.000000202. The molecule has 0 radical (unpaired) electrons. The number of nitrogens with zero attached hydrogens (tertiary/aromatic N) is 2. The third kappa shape index (κ3) is 10.1. The molecule has 7 aromatic rings. The lowest BCUT2D eigenvalue weighted by Crippen LogP contribution is -2.24. The largest absolute Gasteiger partial charge is 0.332 e. The monoisotopic (exact) mass is 800 g/mol. The summed E-state index contributed by atoms with van der Waals surface area (Å²) in [5.41, 5.74) is 13.1. The molecule has 0 aliphatic rings. The number of carbonyl (C=O) groups is 2. The molecule has 0 aliphatic carbocycles. The highest BCUT2D eigenvalue weighted by Gasteiger charge is 2.18. The lowest BCUT2D eigenvalue weighted by atomic mass is 10.0. The van der Waals surface area contributed by atoms with E-state index in [0.29, 0.717) is 43.3 Å². The number of hydrogen-bond donors (Lipinski definition) is 4. The molecule has 0 spiro atoms. The second kappa shape index (κ2) is 18.2. The molecule has 0 amide bonds.